The Bertz CT molecular complexity index is 1890. The van der Waals surface area contributed by atoms with Gasteiger partial charge in [-0.2, -0.15) is 0 Å². The Morgan fingerprint density at radius 1 is 0.611 bits per heavy atom. The minimum absolute atomic E-state index is 0. The molecule has 54 heavy (non-hydrogen) atoms. The van der Waals surface area contributed by atoms with E-state index in [0.29, 0.717) is 20.1 Å². The summed E-state index contributed by atoms with van der Waals surface area (Å²) < 4.78 is 1.11. The molecule has 2 heterocycles. The average molecular weight is 922 g/mol. The SMILES string of the molecule is C[N+]1(Cc2ccc(NC(=O)/C=C/c3ccc(Cl)c(Cl)c3)cc2)CCCCC1.I.O=C(/C=C/c1ccc(Cl)c(Cl)c1)Nc1ccc(CN2CCCCC2)cc1. The molecule has 2 saturated heterocycles. The zero-order valence-electron chi connectivity index (χ0n) is 30.5. The predicted octanol–water partition coefficient (Wildman–Crippen LogP) is 12.0. The number of nitrogens with one attached hydrogen (secondary N) is 2. The zero-order chi connectivity index (χ0) is 37.6. The van der Waals surface area contributed by atoms with E-state index in [2.05, 4.69) is 46.8 Å². The van der Waals surface area contributed by atoms with E-state index in [-0.39, 0.29) is 35.8 Å². The summed E-state index contributed by atoms with van der Waals surface area (Å²) in [7, 11) is 2.34. The van der Waals surface area contributed by atoms with E-state index in [9.17, 15) is 9.59 Å². The molecule has 286 valence electrons. The van der Waals surface area contributed by atoms with E-state index in [1.807, 2.05) is 36.4 Å². The molecule has 0 aliphatic carbocycles. The molecule has 2 amide bonds. The molecular weight excluding hydrogens is 873 g/mol. The second kappa shape index (κ2) is 22.0. The highest BCUT2D eigenvalue weighted by Gasteiger charge is 2.24. The van der Waals surface area contributed by atoms with E-state index in [0.717, 1.165) is 40.1 Å². The first kappa shape index (κ1) is 43.8. The van der Waals surface area contributed by atoms with Crippen LogP contribution in [0.3, 0.4) is 0 Å². The second-order valence-corrected chi connectivity index (χ2v) is 15.6. The van der Waals surface area contributed by atoms with Crippen LogP contribution in [-0.4, -0.2) is 54.4 Å². The van der Waals surface area contributed by atoms with Crippen molar-refractivity contribution in [1.29, 1.82) is 0 Å². The molecule has 11 heteroatoms. The van der Waals surface area contributed by atoms with Crippen LogP contribution in [-0.2, 0) is 22.7 Å². The standard InChI is InChI=1S/C22H24Cl2N2O.C21H22Cl2N2O.HI/c1-26(13-3-2-4-14-26)16-18-5-9-19(10-6-18)25-22(27)12-8-17-7-11-20(23)21(24)15-17;22-19-10-6-16(14-20(19)23)7-11-21(26)24-18-8-4-17(5-9-18)15-25-12-2-1-3-13-25;/h5-12,15H,2-4,13-14,16H2,1H3;4-11,14H,1-3,12-13,15H2,(H,24,26);1H/p+1/b12-8+;11-7+;. The van der Waals surface area contributed by atoms with Gasteiger partial charge in [0.2, 0.25) is 11.8 Å². The van der Waals surface area contributed by atoms with Gasteiger partial charge >= 0.3 is 0 Å². The van der Waals surface area contributed by atoms with E-state index in [1.165, 1.54) is 88.0 Å². The third-order valence-electron chi connectivity index (χ3n) is 9.50. The Morgan fingerprint density at radius 3 is 1.52 bits per heavy atom. The van der Waals surface area contributed by atoms with Gasteiger partial charge < -0.3 is 15.1 Å². The number of hydrogen-bond donors (Lipinski definition) is 2. The Morgan fingerprint density at radius 2 is 1.06 bits per heavy atom. The fourth-order valence-corrected chi connectivity index (χ4v) is 7.19. The third kappa shape index (κ3) is 14.6. The van der Waals surface area contributed by atoms with Crippen molar-refractivity contribution in [1.82, 2.24) is 4.90 Å². The predicted molar refractivity (Wildman–Crippen MR) is 239 cm³/mol. The van der Waals surface area contributed by atoms with Crippen molar-refractivity contribution in [3.8, 4) is 0 Å². The van der Waals surface area contributed by atoms with Gasteiger partial charge in [-0.3, -0.25) is 14.5 Å². The second-order valence-electron chi connectivity index (χ2n) is 14.0. The first-order valence-electron chi connectivity index (χ1n) is 18.2. The van der Waals surface area contributed by atoms with Crippen molar-refractivity contribution < 1.29 is 14.1 Å². The summed E-state index contributed by atoms with van der Waals surface area (Å²) in [6, 6.07) is 26.7. The first-order chi connectivity index (χ1) is 25.5. The quantitative estimate of drug-likeness (QED) is 0.0946. The average Bonchev–Trinajstić information content (AvgIpc) is 3.15. The summed E-state index contributed by atoms with van der Waals surface area (Å²) >= 11 is 23.7. The monoisotopic (exact) mass is 919 g/mol. The molecule has 2 N–H and O–H groups in total. The number of benzene rings is 4. The van der Waals surface area contributed by atoms with Crippen LogP contribution < -0.4 is 10.6 Å². The molecule has 0 bridgehead atoms. The number of rotatable bonds is 10. The zero-order valence-corrected chi connectivity index (χ0v) is 35.9. The Balaban J connectivity index is 0.000000236. The van der Waals surface area contributed by atoms with E-state index in [4.69, 9.17) is 46.4 Å². The number of hydrogen-bond acceptors (Lipinski definition) is 3. The number of anilines is 2. The van der Waals surface area contributed by atoms with E-state index in [1.54, 1.807) is 36.4 Å². The maximum atomic E-state index is 12.1. The largest absolute Gasteiger partial charge is 0.323 e. The number of quaternary nitrogens is 1. The number of nitrogens with zero attached hydrogens (tertiary/aromatic N) is 2. The molecule has 0 saturated carbocycles. The van der Waals surface area contributed by atoms with Crippen molar-refractivity contribution in [3.63, 3.8) is 0 Å². The molecule has 0 aromatic heterocycles. The molecule has 2 aliphatic rings. The number of carbonyl (C=O) groups excluding carboxylic acids is 2. The van der Waals surface area contributed by atoms with Crippen molar-refractivity contribution in [2.75, 3.05) is 43.9 Å². The molecule has 0 radical (unpaired) electrons. The van der Waals surface area contributed by atoms with Gasteiger partial charge in [0.25, 0.3) is 0 Å². The lowest BCUT2D eigenvalue weighted by atomic mass is 10.1. The van der Waals surface area contributed by atoms with Crippen molar-refractivity contribution in [3.05, 3.63) is 139 Å². The van der Waals surface area contributed by atoms with Gasteiger partial charge in [-0.15, -0.1) is 24.0 Å². The third-order valence-corrected chi connectivity index (χ3v) is 11.0. The van der Waals surface area contributed by atoms with Crippen molar-refractivity contribution >= 4 is 106 Å². The molecule has 6 rings (SSSR count). The van der Waals surface area contributed by atoms with Gasteiger partial charge in [0.05, 0.1) is 40.2 Å². The normalized spacial score (nSPS) is 15.6. The molecular formula is C43H48Cl4IN4O2+. The first-order valence-corrected chi connectivity index (χ1v) is 19.7. The van der Waals surface area contributed by atoms with Gasteiger partial charge in [-0.1, -0.05) is 89.2 Å². The molecule has 2 fully saturated rings. The number of piperidine rings is 2. The Kier molecular flexibility index (Phi) is 17.9. The minimum atomic E-state index is -0.181. The Labute approximate surface area is 357 Å². The number of halogens is 5. The van der Waals surface area contributed by atoms with Gasteiger partial charge in [-0.25, -0.2) is 0 Å². The lowest BCUT2D eigenvalue weighted by Crippen LogP contribution is -2.46. The number of likely N-dealkylation sites (tertiary alicyclic amines) is 2. The van der Waals surface area contributed by atoms with Crippen LogP contribution in [0.4, 0.5) is 11.4 Å². The minimum Gasteiger partial charge on any atom is -0.323 e. The highest BCUT2D eigenvalue weighted by molar-refractivity contribution is 14.0. The summed E-state index contributed by atoms with van der Waals surface area (Å²) in [6.45, 7) is 6.88. The van der Waals surface area contributed by atoms with Gasteiger partial charge in [0.15, 0.2) is 0 Å². The van der Waals surface area contributed by atoms with Crippen molar-refractivity contribution in [2.45, 2.75) is 51.6 Å². The lowest BCUT2D eigenvalue weighted by Gasteiger charge is -2.37. The van der Waals surface area contributed by atoms with Crippen LogP contribution >= 0.6 is 70.4 Å². The summed E-state index contributed by atoms with van der Waals surface area (Å²) in [6.07, 6.45) is 14.3. The highest BCUT2D eigenvalue weighted by Crippen LogP contribution is 2.25. The fraction of sp³-hybridized carbons (Fsp3) is 0.302. The Hall–Kier alpha value is -2.89. The molecule has 4 aromatic rings. The maximum absolute atomic E-state index is 12.1. The fourth-order valence-electron chi connectivity index (χ4n) is 6.58. The van der Waals surface area contributed by atoms with Gasteiger partial charge in [-0.05, 0) is 123 Å². The molecule has 6 nitrogen and oxygen atoms in total. The summed E-state index contributed by atoms with van der Waals surface area (Å²) in [5.74, 6) is -0.358. The number of carbonyl (C=O) groups is 2. The maximum Gasteiger partial charge on any atom is 0.248 e. The van der Waals surface area contributed by atoms with Crippen LogP contribution in [0.25, 0.3) is 12.2 Å². The van der Waals surface area contributed by atoms with Gasteiger partial charge in [0.1, 0.15) is 6.54 Å². The topological polar surface area (TPSA) is 61.4 Å². The molecule has 0 spiro atoms. The summed E-state index contributed by atoms with van der Waals surface area (Å²) in [4.78, 5) is 26.7. The molecule has 2 aliphatic heterocycles. The molecule has 0 unspecified atom stereocenters. The molecule has 4 aromatic carbocycles. The van der Waals surface area contributed by atoms with Crippen LogP contribution in [0.1, 0.15) is 60.8 Å². The van der Waals surface area contributed by atoms with Gasteiger partial charge in [0, 0.05) is 35.6 Å². The van der Waals surface area contributed by atoms with E-state index < -0.39 is 0 Å². The van der Waals surface area contributed by atoms with E-state index >= 15 is 0 Å². The highest BCUT2D eigenvalue weighted by atomic mass is 127. The van der Waals surface area contributed by atoms with Crippen LogP contribution in [0.15, 0.2) is 97.1 Å². The van der Waals surface area contributed by atoms with Crippen LogP contribution in [0.5, 0.6) is 0 Å². The van der Waals surface area contributed by atoms with Crippen molar-refractivity contribution in [2.24, 2.45) is 0 Å². The number of amides is 2. The van der Waals surface area contributed by atoms with Crippen LogP contribution in [0, 0.1) is 0 Å². The lowest BCUT2D eigenvalue weighted by molar-refractivity contribution is -0.926. The molecule has 0 atom stereocenters. The smallest absolute Gasteiger partial charge is 0.248 e. The summed E-state index contributed by atoms with van der Waals surface area (Å²) in [5, 5.41) is 7.70. The summed E-state index contributed by atoms with van der Waals surface area (Å²) in [5.41, 5.74) is 5.82. The van der Waals surface area contributed by atoms with Crippen LogP contribution in [0.2, 0.25) is 20.1 Å².